The first-order chi connectivity index (χ1) is 14.2. The molecule has 0 unspecified atom stereocenters. The number of amides is 1. The van der Waals surface area contributed by atoms with Gasteiger partial charge in [-0.1, -0.05) is 39.7 Å². The van der Waals surface area contributed by atoms with Crippen LogP contribution in [-0.2, 0) is 14.8 Å². The Morgan fingerprint density at radius 1 is 1.03 bits per heavy atom. The smallest absolute Gasteiger partial charge is 0.262 e. The summed E-state index contributed by atoms with van der Waals surface area (Å²) in [5, 5.41) is 3.07. The summed E-state index contributed by atoms with van der Waals surface area (Å²) in [4.78, 5) is 12.3. The summed E-state index contributed by atoms with van der Waals surface area (Å²) in [7, 11) is -3.87. The highest BCUT2D eigenvalue weighted by atomic mass is 79.9. The third kappa shape index (κ3) is 5.98. The average molecular weight is 510 g/mol. The van der Waals surface area contributed by atoms with Gasteiger partial charge in [0.2, 0.25) is 0 Å². The molecule has 3 aromatic carbocycles. The Hall–Kier alpha value is -2.55. The van der Waals surface area contributed by atoms with Gasteiger partial charge in [0.15, 0.2) is 6.61 Å². The van der Waals surface area contributed by atoms with Crippen LogP contribution >= 0.6 is 27.5 Å². The van der Waals surface area contributed by atoms with E-state index in [1.165, 1.54) is 12.1 Å². The van der Waals surface area contributed by atoms with Gasteiger partial charge in [0.25, 0.3) is 15.9 Å². The Bertz CT molecular complexity index is 1170. The van der Waals surface area contributed by atoms with Crippen LogP contribution in [0.1, 0.15) is 5.56 Å². The monoisotopic (exact) mass is 508 g/mol. The zero-order valence-electron chi connectivity index (χ0n) is 15.9. The quantitative estimate of drug-likeness (QED) is 0.457. The van der Waals surface area contributed by atoms with E-state index in [0.29, 0.717) is 27.7 Å². The molecule has 3 rings (SSSR count). The molecule has 9 heteroatoms. The number of sulfonamides is 1. The zero-order chi connectivity index (χ0) is 21.7. The van der Waals surface area contributed by atoms with Crippen LogP contribution in [0.3, 0.4) is 0 Å². The number of rotatable bonds is 7. The normalized spacial score (nSPS) is 11.0. The largest absolute Gasteiger partial charge is 0.484 e. The van der Waals surface area contributed by atoms with Crippen LogP contribution in [0, 0.1) is 6.92 Å². The minimum atomic E-state index is -3.87. The molecule has 0 fully saturated rings. The van der Waals surface area contributed by atoms with Gasteiger partial charge in [0.05, 0.1) is 10.6 Å². The maximum absolute atomic E-state index is 12.8. The van der Waals surface area contributed by atoms with E-state index >= 15 is 0 Å². The standard InChI is InChI=1S/C21H18BrClN2O4S/c1-14-5-8-17(24-21(26)13-29-19-9-6-15(22)7-10-19)12-20(14)30(27,28)25-18-4-2-3-16(23)11-18/h2-12,25H,13H2,1H3,(H,24,26). The van der Waals surface area contributed by atoms with Crippen LogP contribution < -0.4 is 14.8 Å². The molecule has 6 nitrogen and oxygen atoms in total. The van der Waals surface area contributed by atoms with E-state index in [4.69, 9.17) is 16.3 Å². The van der Waals surface area contributed by atoms with Gasteiger partial charge in [-0.05, 0) is 67.1 Å². The summed E-state index contributed by atoms with van der Waals surface area (Å²) in [5.41, 5.74) is 1.23. The van der Waals surface area contributed by atoms with Crippen LogP contribution in [0.15, 0.2) is 76.1 Å². The van der Waals surface area contributed by atoms with Gasteiger partial charge in [-0.2, -0.15) is 0 Å². The second kappa shape index (κ2) is 9.51. The zero-order valence-corrected chi connectivity index (χ0v) is 19.0. The van der Waals surface area contributed by atoms with Gasteiger partial charge in [0, 0.05) is 15.2 Å². The molecular formula is C21H18BrClN2O4S. The molecule has 0 aliphatic rings. The number of anilines is 2. The van der Waals surface area contributed by atoms with E-state index in [1.54, 1.807) is 61.5 Å². The molecule has 156 valence electrons. The summed E-state index contributed by atoms with van der Waals surface area (Å²) in [6.45, 7) is 1.47. The predicted molar refractivity (Wildman–Crippen MR) is 122 cm³/mol. The maximum atomic E-state index is 12.8. The first-order valence-corrected chi connectivity index (χ1v) is 11.5. The van der Waals surface area contributed by atoms with Gasteiger partial charge in [-0.15, -0.1) is 0 Å². The second-order valence-electron chi connectivity index (χ2n) is 6.39. The van der Waals surface area contributed by atoms with E-state index in [9.17, 15) is 13.2 Å². The third-order valence-electron chi connectivity index (χ3n) is 4.02. The molecule has 0 aliphatic heterocycles. The molecule has 0 bridgehead atoms. The van der Waals surface area contributed by atoms with Crippen molar-refractivity contribution in [2.45, 2.75) is 11.8 Å². The Balaban J connectivity index is 1.70. The fourth-order valence-corrected chi connectivity index (χ4v) is 4.38. The van der Waals surface area contributed by atoms with E-state index in [-0.39, 0.29) is 11.5 Å². The van der Waals surface area contributed by atoms with Crippen molar-refractivity contribution in [3.05, 3.63) is 81.8 Å². The summed E-state index contributed by atoms with van der Waals surface area (Å²) in [5.74, 6) is 0.138. The molecule has 0 atom stereocenters. The Labute approximate surface area is 188 Å². The highest BCUT2D eigenvalue weighted by Crippen LogP contribution is 2.24. The Morgan fingerprint density at radius 3 is 2.47 bits per heavy atom. The number of carbonyl (C=O) groups is 1. The SMILES string of the molecule is Cc1ccc(NC(=O)COc2ccc(Br)cc2)cc1S(=O)(=O)Nc1cccc(Cl)c1. The fraction of sp³-hybridized carbons (Fsp3) is 0.0952. The van der Waals surface area contributed by atoms with E-state index in [1.807, 2.05) is 0 Å². The average Bonchev–Trinajstić information content (AvgIpc) is 2.68. The van der Waals surface area contributed by atoms with Gasteiger partial charge in [-0.25, -0.2) is 8.42 Å². The molecule has 1 amide bonds. The number of aryl methyl sites for hydroxylation is 1. The number of ether oxygens (including phenoxy) is 1. The minimum Gasteiger partial charge on any atom is -0.484 e. The van der Waals surface area contributed by atoms with Crippen molar-refractivity contribution in [1.82, 2.24) is 0 Å². The van der Waals surface area contributed by atoms with Crippen molar-refractivity contribution in [1.29, 1.82) is 0 Å². The second-order valence-corrected chi connectivity index (χ2v) is 9.39. The molecule has 3 aromatic rings. The summed E-state index contributed by atoms with van der Waals surface area (Å²) >= 11 is 9.25. The van der Waals surface area contributed by atoms with Crippen molar-refractivity contribution in [2.75, 3.05) is 16.6 Å². The lowest BCUT2D eigenvalue weighted by Crippen LogP contribution is -2.21. The Morgan fingerprint density at radius 2 is 1.77 bits per heavy atom. The molecule has 0 spiro atoms. The van der Waals surface area contributed by atoms with E-state index < -0.39 is 15.9 Å². The number of hydrogen-bond acceptors (Lipinski definition) is 4. The maximum Gasteiger partial charge on any atom is 0.262 e. The van der Waals surface area contributed by atoms with Crippen LogP contribution in [0.5, 0.6) is 5.75 Å². The van der Waals surface area contributed by atoms with Gasteiger partial charge in [-0.3, -0.25) is 9.52 Å². The number of carbonyl (C=O) groups excluding carboxylic acids is 1. The molecule has 30 heavy (non-hydrogen) atoms. The number of nitrogens with one attached hydrogen (secondary N) is 2. The number of halogens is 2. The summed E-state index contributed by atoms with van der Waals surface area (Å²) in [6.07, 6.45) is 0. The fourth-order valence-electron chi connectivity index (χ4n) is 2.61. The van der Waals surface area contributed by atoms with Crippen LogP contribution in [0.25, 0.3) is 0 Å². The molecule has 0 saturated heterocycles. The summed E-state index contributed by atoms with van der Waals surface area (Å²) in [6, 6.07) is 18.1. The Kier molecular flexibility index (Phi) is 7.02. The first kappa shape index (κ1) is 22.1. The van der Waals surface area contributed by atoms with Crippen LogP contribution in [-0.4, -0.2) is 20.9 Å². The third-order valence-corrected chi connectivity index (χ3v) is 6.31. The molecule has 0 aromatic heterocycles. The van der Waals surface area contributed by atoms with Crippen molar-refractivity contribution < 1.29 is 17.9 Å². The lowest BCUT2D eigenvalue weighted by molar-refractivity contribution is -0.118. The highest BCUT2D eigenvalue weighted by Gasteiger charge is 2.18. The predicted octanol–water partition coefficient (Wildman–Crippen LogP) is 5.23. The molecule has 0 radical (unpaired) electrons. The van der Waals surface area contributed by atoms with Crippen LogP contribution in [0.2, 0.25) is 5.02 Å². The van der Waals surface area contributed by atoms with Gasteiger partial charge in [0.1, 0.15) is 5.75 Å². The minimum absolute atomic E-state index is 0.0501. The lowest BCUT2D eigenvalue weighted by Gasteiger charge is -2.13. The lowest BCUT2D eigenvalue weighted by atomic mass is 10.2. The first-order valence-electron chi connectivity index (χ1n) is 8.80. The van der Waals surface area contributed by atoms with Crippen molar-refractivity contribution >= 4 is 54.8 Å². The molecular weight excluding hydrogens is 492 g/mol. The number of benzene rings is 3. The van der Waals surface area contributed by atoms with Crippen LogP contribution in [0.4, 0.5) is 11.4 Å². The highest BCUT2D eigenvalue weighted by molar-refractivity contribution is 9.10. The van der Waals surface area contributed by atoms with Crippen molar-refractivity contribution in [3.8, 4) is 5.75 Å². The van der Waals surface area contributed by atoms with Gasteiger partial charge >= 0.3 is 0 Å². The molecule has 0 saturated carbocycles. The number of hydrogen-bond donors (Lipinski definition) is 2. The molecule has 0 aliphatic carbocycles. The van der Waals surface area contributed by atoms with E-state index in [0.717, 1.165) is 4.47 Å². The molecule has 0 heterocycles. The van der Waals surface area contributed by atoms with Crippen molar-refractivity contribution in [2.24, 2.45) is 0 Å². The van der Waals surface area contributed by atoms with E-state index in [2.05, 4.69) is 26.0 Å². The summed E-state index contributed by atoms with van der Waals surface area (Å²) < 4.78 is 34.5. The topological polar surface area (TPSA) is 84.5 Å². The van der Waals surface area contributed by atoms with Gasteiger partial charge < -0.3 is 10.1 Å². The molecule has 2 N–H and O–H groups in total. The van der Waals surface area contributed by atoms with Crippen molar-refractivity contribution in [3.63, 3.8) is 0 Å².